The first-order valence-corrected chi connectivity index (χ1v) is 6.54. The standard InChI is InChI=1S/C11H12N4O4S/c1-19-9-3-2-7(4-12-9)15-8(5-16)13-14-11(15)20-6-10(17)18/h2-4,16H,5-6H2,1H3,(H,17,18). The van der Waals surface area contributed by atoms with E-state index in [1.807, 2.05) is 0 Å². The van der Waals surface area contributed by atoms with Crippen molar-refractivity contribution in [1.82, 2.24) is 19.7 Å². The summed E-state index contributed by atoms with van der Waals surface area (Å²) in [7, 11) is 1.51. The molecule has 8 nitrogen and oxygen atoms in total. The van der Waals surface area contributed by atoms with Crippen molar-refractivity contribution in [3.05, 3.63) is 24.2 Å². The third kappa shape index (κ3) is 3.06. The Kier molecular flexibility index (Phi) is 4.53. The number of aliphatic carboxylic acids is 1. The van der Waals surface area contributed by atoms with Crippen LogP contribution in [0.4, 0.5) is 0 Å². The molecular weight excluding hydrogens is 284 g/mol. The number of carbonyl (C=O) groups is 1. The fourth-order valence-corrected chi connectivity index (χ4v) is 2.20. The molecule has 0 atom stereocenters. The van der Waals surface area contributed by atoms with Crippen molar-refractivity contribution >= 4 is 17.7 Å². The van der Waals surface area contributed by atoms with E-state index in [0.29, 0.717) is 22.5 Å². The molecule has 0 amide bonds. The van der Waals surface area contributed by atoms with Crippen molar-refractivity contribution in [3.63, 3.8) is 0 Å². The van der Waals surface area contributed by atoms with Crippen LogP contribution in [0.2, 0.25) is 0 Å². The molecule has 0 aliphatic carbocycles. The second-order valence-corrected chi connectivity index (χ2v) is 4.58. The van der Waals surface area contributed by atoms with Crippen molar-refractivity contribution in [2.75, 3.05) is 12.9 Å². The summed E-state index contributed by atoms with van der Waals surface area (Å²) in [6.45, 7) is -0.313. The van der Waals surface area contributed by atoms with Crippen LogP contribution in [0.15, 0.2) is 23.5 Å². The predicted molar refractivity (Wildman–Crippen MR) is 70.0 cm³/mol. The van der Waals surface area contributed by atoms with Crippen LogP contribution < -0.4 is 4.74 Å². The van der Waals surface area contributed by atoms with Gasteiger partial charge in [0.05, 0.1) is 24.7 Å². The average Bonchev–Trinajstić information content (AvgIpc) is 2.88. The maximum atomic E-state index is 10.6. The van der Waals surface area contributed by atoms with E-state index in [2.05, 4.69) is 15.2 Å². The van der Waals surface area contributed by atoms with Crippen LogP contribution in [0.1, 0.15) is 5.82 Å². The van der Waals surface area contributed by atoms with Crippen molar-refractivity contribution in [2.45, 2.75) is 11.8 Å². The van der Waals surface area contributed by atoms with Gasteiger partial charge in [-0.1, -0.05) is 11.8 Å². The van der Waals surface area contributed by atoms with Gasteiger partial charge in [0.25, 0.3) is 0 Å². The molecule has 9 heteroatoms. The van der Waals surface area contributed by atoms with Gasteiger partial charge in [-0.2, -0.15) is 0 Å². The zero-order valence-electron chi connectivity index (χ0n) is 10.6. The lowest BCUT2D eigenvalue weighted by molar-refractivity contribution is -0.133. The third-order valence-corrected chi connectivity index (χ3v) is 3.27. The number of carboxylic acid groups (broad SMARTS) is 1. The number of rotatable bonds is 6. The summed E-state index contributed by atoms with van der Waals surface area (Å²) in [4.78, 5) is 14.7. The van der Waals surface area contributed by atoms with Crippen molar-refractivity contribution in [1.29, 1.82) is 0 Å². The van der Waals surface area contributed by atoms with E-state index in [1.54, 1.807) is 16.7 Å². The van der Waals surface area contributed by atoms with Gasteiger partial charge in [0.1, 0.15) is 6.61 Å². The zero-order chi connectivity index (χ0) is 14.5. The number of hydrogen-bond donors (Lipinski definition) is 2. The normalized spacial score (nSPS) is 10.5. The number of carboxylic acids is 1. The van der Waals surface area contributed by atoms with Gasteiger partial charge in [-0.15, -0.1) is 10.2 Å². The molecule has 106 valence electrons. The van der Waals surface area contributed by atoms with E-state index < -0.39 is 5.97 Å². The molecule has 20 heavy (non-hydrogen) atoms. The molecule has 0 aromatic carbocycles. The van der Waals surface area contributed by atoms with Crippen LogP contribution in [0, 0.1) is 0 Å². The maximum absolute atomic E-state index is 10.6. The molecule has 0 spiro atoms. The lowest BCUT2D eigenvalue weighted by Gasteiger charge is -2.08. The van der Waals surface area contributed by atoms with E-state index in [-0.39, 0.29) is 12.4 Å². The molecule has 0 radical (unpaired) electrons. The van der Waals surface area contributed by atoms with Crippen LogP contribution >= 0.6 is 11.8 Å². The predicted octanol–water partition coefficient (Wildman–Crippen LogP) is 0.340. The van der Waals surface area contributed by atoms with Gasteiger partial charge in [0.2, 0.25) is 5.88 Å². The number of thioether (sulfide) groups is 1. The highest BCUT2D eigenvalue weighted by Gasteiger charge is 2.15. The van der Waals surface area contributed by atoms with E-state index in [0.717, 1.165) is 11.8 Å². The summed E-state index contributed by atoms with van der Waals surface area (Å²) in [6, 6.07) is 3.38. The summed E-state index contributed by atoms with van der Waals surface area (Å²) in [5.74, 6) is -0.340. The number of nitrogens with zero attached hydrogens (tertiary/aromatic N) is 4. The fraction of sp³-hybridized carbons (Fsp3) is 0.273. The first-order valence-electron chi connectivity index (χ1n) is 5.56. The minimum atomic E-state index is -0.956. The molecule has 2 aromatic heterocycles. The molecule has 2 aromatic rings. The Morgan fingerprint density at radius 2 is 2.25 bits per heavy atom. The number of methoxy groups -OCH3 is 1. The Hall–Kier alpha value is -2.13. The fourth-order valence-electron chi connectivity index (χ4n) is 1.51. The summed E-state index contributed by atoms with van der Waals surface area (Å²) in [5.41, 5.74) is 0.618. The monoisotopic (exact) mass is 296 g/mol. The zero-order valence-corrected chi connectivity index (χ0v) is 11.4. The molecule has 2 heterocycles. The van der Waals surface area contributed by atoms with Gasteiger partial charge < -0.3 is 14.9 Å². The average molecular weight is 296 g/mol. The van der Waals surface area contributed by atoms with Gasteiger partial charge in [-0.05, 0) is 6.07 Å². The first kappa shape index (κ1) is 14.3. The lowest BCUT2D eigenvalue weighted by atomic mass is 10.4. The summed E-state index contributed by atoms with van der Waals surface area (Å²) < 4.78 is 6.52. The molecule has 0 aliphatic heterocycles. The molecule has 0 aliphatic rings. The quantitative estimate of drug-likeness (QED) is 0.734. The van der Waals surface area contributed by atoms with E-state index in [1.165, 1.54) is 13.3 Å². The van der Waals surface area contributed by atoms with Gasteiger partial charge in [-0.25, -0.2) is 4.98 Å². The van der Waals surface area contributed by atoms with Crippen LogP contribution in [0.5, 0.6) is 5.88 Å². The molecule has 0 unspecified atom stereocenters. The molecular formula is C11H12N4O4S. The van der Waals surface area contributed by atoms with E-state index in [9.17, 15) is 9.90 Å². The van der Waals surface area contributed by atoms with Crippen LogP contribution in [0.25, 0.3) is 5.69 Å². The Morgan fingerprint density at radius 3 is 2.80 bits per heavy atom. The summed E-state index contributed by atoms with van der Waals surface area (Å²) in [6.07, 6.45) is 1.53. The van der Waals surface area contributed by atoms with Gasteiger partial charge in [0.15, 0.2) is 11.0 Å². The molecule has 2 N–H and O–H groups in total. The topological polar surface area (TPSA) is 110 Å². The highest BCUT2D eigenvalue weighted by atomic mass is 32.2. The summed E-state index contributed by atoms with van der Waals surface area (Å²) in [5, 5.41) is 26.1. The molecule has 0 fully saturated rings. The number of ether oxygens (including phenoxy) is 1. The Morgan fingerprint density at radius 1 is 1.45 bits per heavy atom. The largest absolute Gasteiger partial charge is 0.481 e. The molecule has 0 saturated heterocycles. The molecule has 0 saturated carbocycles. The van der Waals surface area contributed by atoms with Crippen molar-refractivity contribution in [3.8, 4) is 11.6 Å². The number of aliphatic hydroxyl groups is 1. The minimum Gasteiger partial charge on any atom is -0.481 e. The third-order valence-electron chi connectivity index (χ3n) is 2.35. The summed E-state index contributed by atoms with van der Waals surface area (Å²) >= 11 is 1.02. The Balaban J connectivity index is 2.36. The van der Waals surface area contributed by atoms with Crippen molar-refractivity contribution < 1.29 is 19.7 Å². The van der Waals surface area contributed by atoms with E-state index >= 15 is 0 Å². The highest BCUT2D eigenvalue weighted by molar-refractivity contribution is 7.99. The molecule has 0 bridgehead atoms. The lowest BCUT2D eigenvalue weighted by Crippen LogP contribution is -2.05. The maximum Gasteiger partial charge on any atom is 0.313 e. The second-order valence-electron chi connectivity index (χ2n) is 3.63. The van der Waals surface area contributed by atoms with Gasteiger partial charge in [-0.3, -0.25) is 9.36 Å². The number of hydrogen-bond acceptors (Lipinski definition) is 7. The highest BCUT2D eigenvalue weighted by Crippen LogP contribution is 2.22. The van der Waals surface area contributed by atoms with Crippen LogP contribution in [-0.4, -0.2) is 48.8 Å². The number of aliphatic hydroxyl groups excluding tert-OH is 1. The second kappa shape index (κ2) is 6.35. The first-order chi connectivity index (χ1) is 9.65. The van der Waals surface area contributed by atoms with Crippen LogP contribution in [0.3, 0.4) is 0 Å². The van der Waals surface area contributed by atoms with E-state index in [4.69, 9.17) is 9.84 Å². The van der Waals surface area contributed by atoms with Crippen molar-refractivity contribution in [2.24, 2.45) is 0 Å². The minimum absolute atomic E-state index is 0.146. The SMILES string of the molecule is COc1ccc(-n2c(CO)nnc2SCC(=O)O)cn1. The van der Waals surface area contributed by atoms with Gasteiger partial charge in [0, 0.05) is 6.07 Å². The number of aromatic nitrogens is 4. The Bertz CT molecular complexity index is 599. The molecule has 2 rings (SSSR count). The number of pyridine rings is 1. The van der Waals surface area contributed by atoms with Gasteiger partial charge >= 0.3 is 5.97 Å². The Labute approximate surface area is 118 Å². The van der Waals surface area contributed by atoms with Crippen LogP contribution in [-0.2, 0) is 11.4 Å². The smallest absolute Gasteiger partial charge is 0.313 e.